The minimum Gasteiger partial charge on any atom is -0.492 e. The molecule has 8 nitrogen and oxygen atoms in total. The highest BCUT2D eigenvalue weighted by Gasteiger charge is 2.39. The van der Waals surface area contributed by atoms with Gasteiger partial charge >= 0.3 is 6.09 Å². The Hall–Kier alpha value is -2.77. The summed E-state index contributed by atoms with van der Waals surface area (Å²) in [4.78, 5) is 27.0. The van der Waals surface area contributed by atoms with Crippen LogP contribution in [0.2, 0.25) is 0 Å². The first-order valence-electron chi connectivity index (χ1n) is 11.0. The van der Waals surface area contributed by atoms with Gasteiger partial charge in [-0.15, -0.1) is 10.1 Å². The minimum atomic E-state index is -0.837. The van der Waals surface area contributed by atoms with E-state index in [1.54, 1.807) is 6.07 Å². The summed E-state index contributed by atoms with van der Waals surface area (Å²) in [5.41, 5.74) is 1.29. The minimum absolute atomic E-state index is 0.0641. The number of carbonyl (C=O) groups is 1. The summed E-state index contributed by atoms with van der Waals surface area (Å²) in [5.74, 6) is 1.39. The van der Waals surface area contributed by atoms with E-state index in [-0.39, 0.29) is 24.5 Å². The van der Waals surface area contributed by atoms with Crippen molar-refractivity contribution < 1.29 is 24.2 Å². The maximum Gasteiger partial charge on any atom is 0.407 e. The molecule has 1 amide bonds. The van der Waals surface area contributed by atoms with Gasteiger partial charge in [0.2, 0.25) is 0 Å². The van der Waals surface area contributed by atoms with E-state index >= 15 is 0 Å². The highest BCUT2D eigenvalue weighted by atomic mass is 17.0. The molecular weight excluding hydrogens is 412 g/mol. The smallest absolute Gasteiger partial charge is 0.407 e. The Balaban J connectivity index is 2.23. The fourth-order valence-corrected chi connectivity index (χ4v) is 4.33. The number of nitrogens with zero attached hydrogens (tertiary/aromatic N) is 1. The second-order valence-electron chi connectivity index (χ2n) is 9.90. The Morgan fingerprint density at radius 3 is 2.59 bits per heavy atom. The fraction of sp³-hybridized carbons (Fsp3) is 0.625. The quantitative estimate of drug-likeness (QED) is 0.246. The van der Waals surface area contributed by atoms with Crippen molar-refractivity contribution in [1.82, 2.24) is 5.32 Å². The molecule has 1 aliphatic carbocycles. The van der Waals surface area contributed by atoms with E-state index in [9.17, 15) is 14.9 Å². The van der Waals surface area contributed by atoms with Crippen molar-refractivity contribution >= 4 is 6.09 Å². The maximum atomic E-state index is 12.4. The summed E-state index contributed by atoms with van der Waals surface area (Å²) in [5, 5.41) is 12.4. The molecule has 0 bridgehead atoms. The van der Waals surface area contributed by atoms with Gasteiger partial charge in [0.1, 0.15) is 24.6 Å². The molecule has 1 aliphatic rings. The highest BCUT2D eigenvalue weighted by molar-refractivity contribution is 5.67. The molecule has 1 aromatic rings. The second kappa shape index (κ2) is 10.7. The first kappa shape index (κ1) is 25.5. The summed E-state index contributed by atoms with van der Waals surface area (Å²) < 4.78 is 11.1. The molecule has 0 aliphatic heterocycles. The molecular formula is C24H36N2O6. The van der Waals surface area contributed by atoms with Crippen LogP contribution in [0, 0.1) is 22.0 Å². The molecule has 0 radical (unpaired) electrons. The lowest BCUT2D eigenvalue weighted by Crippen LogP contribution is -2.46. The standard InChI is InChI=1S/C24H36N2O6/c1-17-12-18(2)14-20(13-17)24(6,16-25-22(27)32-23(3,4)5)19-8-7-9-21(15-19)30-10-11-31-26(28)29/h7-9,15,18,20H,1,10-14,16H2,2-6H3,(H,25,27). The molecule has 1 N–H and O–H groups in total. The molecule has 3 atom stereocenters. The molecule has 0 aromatic heterocycles. The first-order valence-corrected chi connectivity index (χ1v) is 11.0. The number of carbonyl (C=O) groups excluding carboxylic acids is 1. The third-order valence-corrected chi connectivity index (χ3v) is 5.80. The number of hydrogen-bond acceptors (Lipinski definition) is 6. The Labute approximate surface area is 190 Å². The topological polar surface area (TPSA) is 99.9 Å². The van der Waals surface area contributed by atoms with Gasteiger partial charge in [-0.3, -0.25) is 0 Å². The van der Waals surface area contributed by atoms with Crippen LogP contribution in [0.25, 0.3) is 0 Å². The molecule has 8 heteroatoms. The molecule has 32 heavy (non-hydrogen) atoms. The first-order chi connectivity index (χ1) is 14.9. The molecule has 3 unspecified atom stereocenters. The zero-order valence-corrected chi connectivity index (χ0v) is 19.8. The summed E-state index contributed by atoms with van der Waals surface area (Å²) in [6.45, 7) is 14.4. The zero-order valence-electron chi connectivity index (χ0n) is 19.8. The van der Waals surface area contributed by atoms with Crippen LogP contribution in [0.5, 0.6) is 5.75 Å². The van der Waals surface area contributed by atoms with Crippen LogP contribution >= 0.6 is 0 Å². The van der Waals surface area contributed by atoms with Crippen LogP contribution in [0.4, 0.5) is 4.79 Å². The van der Waals surface area contributed by atoms with Gasteiger partial charge in [0, 0.05) is 12.0 Å². The van der Waals surface area contributed by atoms with E-state index in [1.165, 1.54) is 5.57 Å². The van der Waals surface area contributed by atoms with Crippen LogP contribution in [0.3, 0.4) is 0 Å². The van der Waals surface area contributed by atoms with Crippen molar-refractivity contribution in [3.8, 4) is 5.75 Å². The average Bonchev–Trinajstić information content (AvgIpc) is 2.67. The number of nitrogens with one attached hydrogen (secondary N) is 1. The number of rotatable bonds is 9. The molecule has 0 spiro atoms. The largest absolute Gasteiger partial charge is 0.492 e. The highest BCUT2D eigenvalue weighted by Crippen LogP contribution is 2.44. The summed E-state index contributed by atoms with van der Waals surface area (Å²) in [6, 6.07) is 7.66. The van der Waals surface area contributed by atoms with Crippen molar-refractivity contribution in [1.29, 1.82) is 0 Å². The van der Waals surface area contributed by atoms with Crippen molar-refractivity contribution in [2.45, 2.75) is 64.9 Å². The predicted molar refractivity (Wildman–Crippen MR) is 122 cm³/mol. The SMILES string of the molecule is C=C1CC(C)CC(C(C)(CNC(=O)OC(C)(C)C)c2cccc(OCCO[N+](=O)[O-])c2)C1. The van der Waals surface area contributed by atoms with Crippen LogP contribution < -0.4 is 10.1 Å². The normalized spacial score (nSPS) is 20.7. The molecule has 178 valence electrons. The van der Waals surface area contributed by atoms with E-state index in [2.05, 4.69) is 30.6 Å². The molecule has 1 aromatic carbocycles. The van der Waals surface area contributed by atoms with Gasteiger partial charge < -0.3 is 19.6 Å². The Morgan fingerprint density at radius 1 is 1.25 bits per heavy atom. The zero-order chi connectivity index (χ0) is 23.9. The van der Waals surface area contributed by atoms with Gasteiger partial charge in [0.05, 0.1) is 0 Å². The molecule has 1 saturated carbocycles. The van der Waals surface area contributed by atoms with Crippen LogP contribution in [-0.2, 0) is 15.0 Å². The summed E-state index contributed by atoms with van der Waals surface area (Å²) >= 11 is 0. The lowest BCUT2D eigenvalue weighted by molar-refractivity contribution is -0.757. The number of allylic oxidation sites excluding steroid dienone is 1. The third-order valence-electron chi connectivity index (χ3n) is 5.80. The third kappa shape index (κ3) is 7.73. The van der Waals surface area contributed by atoms with E-state index in [1.807, 2.05) is 39.0 Å². The summed E-state index contributed by atoms with van der Waals surface area (Å²) in [6.07, 6.45) is 2.48. The van der Waals surface area contributed by atoms with Crippen molar-refractivity contribution in [2.75, 3.05) is 19.8 Å². The van der Waals surface area contributed by atoms with E-state index in [0.717, 1.165) is 24.8 Å². The van der Waals surface area contributed by atoms with Gasteiger partial charge in [-0.1, -0.05) is 38.1 Å². The van der Waals surface area contributed by atoms with E-state index in [4.69, 9.17) is 9.47 Å². The lowest BCUT2D eigenvalue weighted by Gasteiger charge is -2.43. The molecule has 0 saturated heterocycles. The Morgan fingerprint density at radius 2 is 1.97 bits per heavy atom. The summed E-state index contributed by atoms with van der Waals surface area (Å²) in [7, 11) is 0. The predicted octanol–water partition coefficient (Wildman–Crippen LogP) is 5.05. The van der Waals surface area contributed by atoms with E-state index in [0.29, 0.717) is 18.2 Å². The number of hydrogen-bond donors (Lipinski definition) is 1. The van der Waals surface area contributed by atoms with Crippen molar-refractivity contribution in [2.24, 2.45) is 11.8 Å². The van der Waals surface area contributed by atoms with Crippen molar-refractivity contribution in [3.63, 3.8) is 0 Å². The van der Waals surface area contributed by atoms with E-state index < -0.39 is 16.8 Å². The van der Waals surface area contributed by atoms with Gasteiger partial charge in [-0.2, -0.15) is 0 Å². The average molecular weight is 449 g/mol. The maximum absolute atomic E-state index is 12.4. The van der Waals surface area contributed by atoms with Crippen LogP contribution in [0.1, 0.15) is 59.4 Å². The molecule has 1 fully saturated rings. The van der Waals surface area contributed by atoms with Gasteiger partial charge in [-0.25, -0.2) is 4.79 Å². The molecule has 2 rings (SSSR count). The van der Waals surface area contributed by atoms with Gasteiger partial charge in [0.25, 0.3) is 5.09 Å². The number of amides is 1. The Bertz CT molecular complexity index is 819. The van der Waals surface area contributed by atoms with Crippen LogP contribution in [-0.4, -0.2) is 36.5 Å². The van der Waals surface area contributed by atoms with Gasteiger partial charge in [0.15, 0.2) is 0 Å². The number of ether oxygens (including phenoxy) is 2. The van der Waals surface area contributed by atoms with Crippen molar-refractivity contribution in [3.05, 3.63) is 52.1 Å². The van der Waals surface area contributed by atoms with Crippen LogP contribution in [0.15, 0.2) is 36.4 Å². The molecule has 0 heterocycles. The fourth-order valence-electron chi connectivity index (χ4n) is 4.33. The second-order valence-corrected chi connectivity index (χ2v) is 9.90. The monoisotopic (exact) mass is 448 g/mol. The van der Waals surface area contributed by atoms with Gasteiger partial charge in [-0.05, 0) is 69.6 Å². The number of alkyl carbamates (subject to hydrolysis) is 1. The number of benzene rings is 1. The lowest BCUT2D eigenvalue weighted by atomic mass is 9.63. The Kier molecular flexibility index (Phi) is 8.52.